The predicted octanol–water partition coefficient (Wildman–Crippen LogP) is 2.12. The molecular weight excluding hydrogens is 264 g/mol. The zero-order chi connectivity index (χ0) is 9.97. The summed E-state index contributed by atoms with van der Waals surface area (Å²) < 4.78 is 2.62. The Hall–Kier alpha value is -0.940. The van der Waals surface area contributed by atoms with Gasteiger partial charge in [-0.2, -0.15) is 0 Å². The van der Waals surface area contributed by atoms with Gasteiger partial charge in [-0.15, -0.1) is 11.3 Å². The van der Waals surface area contributed by atoms with Gasteiger partial charge in [-0.1, -0.05) is 0 Å². The maximum absolute atomic E-state index is 11.4. The SMILES string of the molecule is O=c1ccncn1Cc1sccc1Br. The molecule has 0 aromatic carbocycles. The molecule has 0 aliphatic rings. The van der Waals surface area contributed by atoms with E-state index in [4.69, 9.17) is 0 Å². The number of rotatable bonds is 2. The van der Waals surface area contributed by atoms with Crippen LogP contribution in [0.4, 0.5) is 0 Å². The molecule has 2 rings (SSSR count). The van der Waals surface area contributed by atoms with E-state index in [2.05, 4.69) is 20.9 Å². The van der Waals surface area contributed by atoms with Crippen LogP contribution in [0.5, 0.6) is 0 Å². The van der Waals surface area contributed by atoms with E-state index in [-0.39, 0.29) is 5.56 Å². The summed E-state index contributed by atoms with van der Waals surface area (Å²) in [5.74, 6) is 0. The van der Waals surface area contributed by atoms with Gasteiger partial charge in [0, 0.05) is 21.6 Å². The van der Waals surface area contributed by atoms with Gasteiger partial charge in [0.15, 0.2) is 0 Å². The van der Waals surface area contributed by atoms with Crippen LogP contribution in [0.25, 0.3) is 0 Å². The summed E-state index contributed by atoms with van der Waals surface area (Å²) in [6.45, 7) is 0.574. The minimum absolute atomic E-state index is 0.0275. The second-order valence-corrected chi connectivity index (χ2v) is 4.59. The highest BCUT2D eigenvalue weighted by Crippen LogP contribution is 2.22. The number of nitrogens with zero attached hydrogens (tertiary/aromatic N) is 2. The molecule has 2 aromatic rings. The maximum atomic E-state index is 11.4. The van der Waals surface area contributed by atoms with Gasteiger partial charge in [-0.3, -0.25) is 9.36 Å². The lowest BCUT2D eigenvalue weighted by atomic mass is 10.4. The molecule has 0 bridgehead atoms. The highest BCUT2D eigenvalue weighted by atomic mass is 79.9. The Morgan fingerprint density at radius 2 is 2.36 bits per heavy atom. The molecule has 0 aliphatic heterocycles. The average molecular weight is 271 g/mol. The van der Waals surface area contributed by atoms with Crippen molar-refractivity contribution in [1.29, 1.82) is 0 Å². The number of hydrogen-bond donors (Lipinski definition) is 0. The molecule has 0 saturated heterocycles. The van der Waals surface area contributed by atoms with Gasteiger partial charge in [0.1, 0.15) is 0 Å². The Morgan fingerprint density at radius 3 is 3.00 bits per heavy atom. The Balaban J connectivity index is 2.32. The normalized spacial score (nSPS) is 10.4. The van der Waals surface area contributed by atoms with Crippen LogP contribution >= 0.6 is 27.3 Å². The van der Waals surface area contributed by atoms with Crippen LogP contribution in [0.1, 0.15) is 4.88 Å². The third-order valence-corrected chi connectivity index (χ3v) is 3.71. The molecule has 14 heavy (non-hydrogen) atoms. The van der Waals surface area contributed by atoms with E-state index in [9.17, 15) is 4.79 Å². The van der Waals surface area contributed by atoms with Crippen LogP contribution in [0.3, 0.4) is 0 Å². The number of halogens is 1. The van der Waals surface area contributed by atoms with Gasteiger partial charge >= 0.3 is 0 Å². The fourth-order valence-electron chi connectivity index (χ4n) is 1.09. The molecule has 2 heterocycles. The van der Waals surface area contributed by atoms with Gasteiger partial charge in [0.05, 0.1) is 12.9 Å². The Bertz CT molecular complexity index is 491. The van der Waals surface area contributed by atoms with Crippen LogP contribution in [0, 0.1) is 0 Å². The van der Waals surface area contributed by atoms with Crippen molar-refractivity contribution in [3.8, 4) is 0 Å². The lowest BCUT2D eigenvalue weighted by Crippen LogP contribution is -2.18. The molecule has 2 aromatic heterocycles. The van der Waals surface area contributed by atoms with E-state index in [1.165, 1.54) is 12.3 Å². The minimum atomic E-state index is -0.0275. The Labute approximate surface area is 93.2 Å². The van der Waals surface area contributed by atoms with E-state index in [1.807, 2.05) is 11.4 Å². The molecule has 0 saturated carbocycles. The molecule has 0 amide bonds. The zero-order valence-electron chi connectivity index (χ0n) is 7.18. The van der Waals surface area contributed by atoms with Crippen molar-refractivity contribution in [3.05, 3.63) is 49.7 Å². The summed E-state index contributed by atoms with van der Waals surface area (Å²) in [6.07, 6.45) is 3.05. The highest BCUT2D eigenvalue weighted by molar-refractivity contribution is 9.10. The van der Waals surface area contributed by atoms with Gasteiger partial charge in [-0.25, -0.2) is 4.98 Å². The molecule has 3 nitrogen and oxygen atoms in total. The van der Waals surface area contributed by atoms with E-state index in [0.717, 1.165) is 9.35 Å². The minimum Gasteiger partial charge on any atom is -0.294 e. The summed E-state index contributed by atoms with van der Waals surface area (Å²) in [6, 6.07) is 3.43. The third-order valence-electron chi connectivity index (χ3n) is 1.80. The first-order valence-electron chi connectivity index (χ1n) is 3.99. The molecule has 0 fully saturated rings. The van der Waals surface area contributed by atoms with E-state index in [1.54, 1.807) is 22.2 Å². The molecule has 0 spiro atoms. The fourth-order valence-corrected chi connectivity index (χ4v) is 2.57. The molecule has 72 valence electrons. The van der Waals surface area contributed by atoms with Crippen LogP contribution < -0.4 is 5.56 Å². The van der Waals surface area contributed by atoms with Crippen LogP contribution in [0.15, 0.2) is 39.3 Å². The largest absolute Gasteiger partial charge is 0.294 e. The first kappa shape index (κ1) is 9.61. The van der Waals surface area contributed by atoms with Crippen LogP contribution in [0.2, 0.25) is 0 Å². The number of hydrogen-bond acceptors (Lipinski definition) is 3. The molecule has 0 unspecified atom stereocenters. The van der Waals surface area contributed by atoms with E-state index < -0.39 is 0 Å². The summed E-state index contributed by atoms with van der Waals surface area (Å²) in [5, 5.41) is 1.99. The van der Waals surface area contributed by atoms with Crippen molar-refractivity contribution in [1.82, 2.24) is 9.55 Å². The zero-order valence-corrected chi connectivity index (χ0v) is 9.59. The Kier molecular flexibility index (Phi) is 2.79. The van der Waals surface area contributed by atoms with Crippen LogP contribution in [-0.4, -0.2) is 9.55 Å². The summed E-state index contributed by atoms with van der Waals surface area (Å²) in [7, 11) is 0. The topological polar surface area (TPSA) is 34.9 Å². The number of thiophene rings is 1. The summed E-state index contributed by atoms with van der Waals surface area (Å²) in [5.41, 5.74) is -0.0275. The summed E-state index contributed by atoms with van der Waals surface area (Å²) >= 11 is 5.04. The third kappa shape index (κ3) is 1.93. The smallest absolute Gasteiger partial charge is 0.253 e. The highest BCUT2D eigenvalue weighted by Gasteiger charge is 2.02. The first-order valence-corrected chi connectivity index (χ1v) is 5.67. The van der Waals surface area contributed by atoms with E-state index >= 15 is 0 Å². The molecule has 0 aliphatic carbocycles. The fraction of sp³-hybridized carbons (Fsp3) is 0.111. The van der Waals surface area contributed by atoms with Gasteiger partial charge in [-0.05, 0) is 27.4 Å². The Morgan fingerprint density at radius 1 is 1.50 bits per heavy atom. The van der Waals surface area contributed by atoms with Crippen LogP contribution in [-0.2, 0) is 6.54 Å². The molecule has 5 heteroatoms. The standard InChI is InChI=1S/C9H7BrN2OS/c10-7-2-4-14-8(7)5-12-6-11-3-1-9(12)13/h1-4,6H,5H2. The van der Waals surface area contributed by atoms with Crippen molar-refractivity contribution in [3.63, 3.8) is 0 Å². The second-order valence-electron chi connectivity index (χ2n) is 2.74. The molecular formula is C9H7BrN2OS. The quantitative estimate of drug-likeness (QED) is 0.838. The molecule has 0 radical (unpaired) electrons. The number of aromatic nitrogens is 2. The summed E-state index contributed by atoms with van der Waals surface area (Å²) in [4.78, 5) is 16.4. The average Bonchev–Trinajstić information content (AvgIpc) is 2.56. The van der Waals surface area contributed by atoms with Crippen molar-refractivity contribution >= 4 is 27.3 Å². The lowest BCUT2D eigenvalue weighted by molar-refractivity contribution is 0.743. The predicted molar refractivity (Wildman–Crippen MR) is 59.6 cm³/mol. The second kappa shape index (κ2) is 4.06. The molecule has 0 atom stereocenters. The molecule has 0 N–H and O–H groups in total. The van der Waals surface area contributed by atoms with Crippen molar-refractivity contribution in [2.45, 2.75) is 6.54 Å². The van der Waals surface area contributed by atoms with Crippen molar-refractivity contribution < 1.29 is 0 Å². The lowest BCUT2D eigenvalue weighted by Gasteiger charge is -2.01. The van der Waals surface area contributed by atoms with Gasteiger partial charge in [0.2, 0.25) is 0 Å². The van der Waals surface area contributed by atoms with Crippen molar-refractivity contribution in [2.75, 3.05) is 0 Å². The van der Waals surface area contributed by atoms with Crippen molar-refractivity contribution in [2.24, 2.45) is 0 Å². The monoisotopic (exact) mass is 270 g/mol. The first-order chi connectivity index (χ1) is 6.77. The maximum Gasteiger partial charge on any atom is 0.253 e. The van der Waals surface area contributed by atoms with E-state index in [0.29, 0.717) is 6.54 Å². The van der Waals surface area contributed by atoms with Gasteiger partial charge in [0.25, 0.3) is 5.56 Å². The van der Waals surface area contributed by atoms with Gasteiger partial charge < -0.3 is 0 Å².